The zero-order valence-electron chi connectivity index (χ0n) is 13.0. The molecule has 2 fully saturated rings. The first-order chi connectivity index (χ1) is 11.7. The molecule has 2 aromatic rings. The van der Waals surface area contributed by atoms with Crippen molar-refractivity contribution in [2.45, 2.75) is 38.3 Å². The van der Waals surface area contributed by atoms with Crippen molar-refractivity contribution in [3.8, 4) is 29.0 Å². The van der Waals surface area contributed by atoms with Crippen molar-refractivity contribution >= 4 is 5.97 Å². The molecule has 122 valence electrons. The number of hydrogen-bond donors (Lipinski definition) is 1. The fourth-order valence-corrected chi connectivity index (χ4v) is 2.20. The molecule has 2 aromatic heterocycles. The van der Waals surface area contributed by atoms with Crippen LogP contribution in [0.4, 0.5) is 0 Å². The van der Waals surface area contributed by atoms with Crippen LogP contribution in [0.2, 0.25) is 0 Å². The van der Waals surface area contributed by atoms with E-state index in [4.69, 9.17) is 9.84 Å². The van der Waals surface area contributed by atoms with Gasteiger partial charge in [0.25, 0.3) is 0 Å². The van der Waals surface area contributed by atoms with Crippen molar-refractivity contribution in [2.75, 3.05) is 0 Å². The number of carbonyl (C=O) groups is 1. The van der Waals surface area contributed by atoms with Gasteiger partial charge in [0.1, 0.15) is 23.7 Å². The predicted octanol–water partition coefficient (Wildman–Crippen LogP) is 1.73. The summed E-state index contributed by atoms with van der Waals surface area (Å²) >= 11 is 0. The van der Waals surface area contributed by atoms with E-state index in [1.54, 1.807) is 12.4 Å². The number of aliphatic carboxylic acids is 1. The van der Waals surface area contributed by atoms with Crippen LogP contribution < -0.4 is 4.74 Å². The van der Waals surface area contributed by atoms with E-state index in [0.717, 1.165) is 18.4 Å². The molecule has 0 unspecified atom stereocenters. The van der Waals surface area contributed by atoms with Gasteiger partial charge in [-0.2, -0.15) is 0 Å². The lowest BCUT2D eigenvalue weighted by molar-refractivity contribution is -0.137. The van der Waals surface area contributed by atoms with Crippen LogP contribution >= 0.6 is 0 Å². The minimum Gasteiger partial charge on any atom is -0.488 e. The molecule has 24 heavy (non-hydrogen) atoms. The highest BCUT2D eigenvalue weighted by Crippen LogP contribution is 2.33. The molecule has 0 spiro atoms. The molecule has 0 aromatic carbocycles. The molecule has 2 heterocycles. The Balaban J connectivity index is 1.64. The fraction of sp³-hybridized carbons (Fsp3) is 0.412. The lowest BCUT2D eigenvalue weighted by Crippen LogP contribution is -2.08. The van der Waals surface area contributed by atoms with Gasteiger partial charge in [-0.05, 0) is 31.7 Å². The number of carboxylic acid groups (broad SMARTS) is 1. The van der Waals surface area contributed by atoms with Crippen molar-refractivity contribution in [2.24, 2.45) is 5.92 Å². The maximum atomic E-state index is 10.8. The van der Waals surface area contributed by atoms with Gasteiger partial charge in [0.05, 0.1) is 12.3 Å². The van der Waals surface area contributed by atoms with Crippen LogP contribution in [0.3, 0.4) is 0 Å². The van der Waals surface area contributed by atoms with Crippen LogP contribution in [0.1, 0.15) is 31.2 Å². The first-order valence-electron chi connectivity index (χ1n) is 7.98. The summed E-state index contributed by atoms with van der Waals surface area (Å²) in [5.74, 6) is 6.53. The molecule has 0 aliphatic heterocycles. The maximum absolute atomic E-state index is 10.8. The fourth-order valence-electron chi connectivity index (χ4n) is 2.20. The maximum Gasteiger partial charge on any atom is 0.325 e. The molecular weight excluding hydrogens is 308 g/mol. The minimum absolute atomic E-state index is 0.214. The molecule has 4 rings (SSSR count). The highest BCUT2D eigenvalue weighted by molar-refractivity contribution is 5.67. The third-order valence-corrected chi connectivity index (χ3v) is 3.75. The standard InChI is InChI=1S/C17H16N4O3/c22-16(23)10-21-9-14(19-20-21)17-15(24-13-5-6-13)7-12(8-18-17)4-3-11-1-2-11/h7-9,11,13H,1-2,5-6,10H2,(H,22,23). The second kappa shape index (κ2) is 5.96. The van der Waals surface area contributed by atoms with Crippen LogP contribution in [0, 0.1) is 17.8 Å². The molecule has 0 saturated heterocycles. The summed E-state index contributed by atoms with van der Waals surface area (Å²) in [5, 5.41) is 16.7. The van der Waals surface area contributed by atoms with Gasteiger partial charge in [-0.25, -0.2) is 9.67 Å². The summed E-state index contributed by atoms with van der Waals surface area (Å²) in [5.41, 5.74) is 1.88. The van der Waals surface area contributed by atoms with Crippen LogP contribution in [0.25, 0.3) is 11.4 Å². The zero-order chi connectivity index (χ0) is 16.5. The molecule has 2 aliphatic carbocycles. The molecule has 0 amide bonds. The highest BCUT2D eigenvalue weighted by atomic mass is 16.5. The third-order valence-electron chi connectivity index (χ3n) is 3.75. The summed E-state index contributed by atoms with van der Waals surface area (Å²) in [6.07, 6.45) is 7.89. The number of nitrogens with zero attached hydrogens (tertiary/aromatic N) is 4. The minimum atomic E-state index is -0.973. The number of pyridine rings is 1. The molecular formula is C17H16N4O3. The average molecular weight is 324 g/mol. The van der Waals surface area contributed by atoms with Gasteiger partial charge in [0.15, 0.2) is 0 Å². The van der Waals surface area contributed by atoms with Crippen LogP contribution in [-0.2, 0) is 11.3 Å². The van der Waals surface area contributed by atoms with E-state index >= 15 is 0 Å². The topological polar surface area (TPSA) is 90.1 Å². The Labute approximate surface area is 138 Å². The summed E-state index contributed by atoms with van der Waals surface area (Å²) in [4.78, 5) is 15.2. The Morgan fingerprint density at radius 1 is 1.38 bits per heavy atom. The van der Waals surface area contributed by atoms with Crippen molar-refractivity contribution in [3.63, 3.8) is 0 Å². The smallest absolute Gasteiger partial charge is 0.325 e. The van der Waals surface area contributed by atoms with E-state index in [2.05, 4.69) is 27.1 Å². The molecule has 0 radical (unpaired) electrons. The van der Waals surface area contributed by atoms with Gasteiger partial charge in [0, 0.05) is 17.7 Å². The number of aromatic nitrogens is 4. The van der Waals surface area contributed by atoms with E-state index in [9.17, 15) is 4.79 Å². The molecule has 7 heteroatoms. The normalized spacial score (nSPS) is 16.3. The van der Waals surface area contributed by atoms with Gasteiger partial charge in [-0.15, -0.1) is 5.10 Å². The Morgan fingerprint density at radius 3 is 2.92 bits per heavy atom. The summed E-state index contributed by atoms with van der Waals surface area (Å²) < 4.78 is 7.21. The van der Waals surface area contributed by atoms with Crippen LogP contribution in [-0.4, -0.2) is 37.2 Å². The van der Waals surface area contributed by atoms with Gasteiger partial charge in [0.2, 0.25) is 0 Å². The first-order valence-corrected chi connectivity index (χ1v) is 7.98. The van der Waals surface area contributed by atoms with Gasteiger partial charge in [-0.1, -0.05) is 17.1 Å². The highest BCUT2D eigenvalue weighted by Gasteiger charge is 2.26. The molecule has 0 bridgehead atoms. The zero-order valence-corrected chi connectivity index (χ0v) is 13.0. The summed E-state index contributed by atoms with van der Waals surface area (Å²) in [7, 11) is 0. The number of carboxylic acids is 1. The number of rotatable bonds is 5. The van der Waals surface area contributed by atoms with Crippen molar-refractivity contribution < 1.29 is 14.6 Å². The third kappa shape index (κ3) is 3.54. The summed E-state index contributed by atoms with van der Waals surface area (Å²) in [6, 6.07) is 1.88. The van der Waals surface area contributed by atoms with Crippen molar-refractivity contribution in [1.82, 2.24) is 20.0 Å². The van der Waals surface area contributed by atoms with Crippen molar-refractivity contribution in [1.29, 1.82) is 0 Å². The number of hydrogen-bond acceptors (Lipinski definition) is 5. The number of ether oxygens (including phenoxy) is 1. The lowest BCUT2D eigenvalue weighted by Gasteiger charge is -2.08. The van der Waals surface area contributed by atoms with E-state index < -0.39 is 5.97 Å². The van der Waals surface area contributed by atoms with E-state index in [0.29, 0.717) is 23.1 Å². The molecule has 1 N–H and O–H groups in total. The van der Waals surface area contributed by atoms with Gasteiger partial charge >= 0.3 is 5.97 Å². The molecule has 0 atom stereocenters. The molecule has 7 nitrogen and oxygen atoms in total. The lowest BCUT2D eigenvalue weighted by atomic mass is 10.2. The first kappa shape index (κ1) is 14.7. The van der Waals surface area contributed by atoms with Crippen molar-refractivity contribution in [3.05, 3.63) is 24.0 Å². The second-order valence-electron chi connectivity index (χ2n) is 6.13. The SMILES string of the molecule is O=C(O)Cn1cc(-c2ncc(C#CC3CC3)cc2OC2CC2)nn1. The molecule has 2 saturated carbocycles. The Bertz CT molecular complexity index is 841. The predicted molar refractivity (Wildman–Crippen MR) is 84.1 cm³/mol. The van der Waals surface area contributed by atoms with Gasteiger partial charge < -0.3 is 9.84 Å². The Morgan fingerprint density at radius 2 is 2.21 bits per heavy atom. The summed E-state index contributed by atoms with van der Waals surface area (Å²) in [6.45, 7) is -0.239. The van der Waals surface area contributed by atoms with Crippen LogP contribution in [0.15, 0.2) is 18.5 Å². The Hall–Kier alpha value is -2.88. The van der Waals surface area contributed by atoms with E-state index in [1.807, 2.05) is 6.07 Å². The van der Waals surface area contributed by atoms with Crippen LogP contribution in [0.5, 0.6) is 5.75 Å². The molecule has 2 aliphatic rings. The largest absolute Gasteiger partial charge is 0.488 e. The quantitative estimate of drug-likeness (QED) is 0.842. The van der Waals surface area contributed by atoms with Gasteiger partial charge in [-0.3, -0.25) is 4.79 Å². The second-order valence-corrected chi connectivity index (χ2v) is 6.13. The monoisotopic (exact) mass is 324 g/mol. The van der Waals surface area contributed by atoms with E-state index in [-0.39, 0.29) is 12.6 Å². The average Bonchev–Trinajstić information content (AvgIpc) is 3.46. The Kier molecular flexibility index (Phi) is 3.65. The van der Waals surface area contributed by atoms with E-state index in [1.165, 1.54) is 17.5 Å².